The number of aromatic nitrogens is 1. The van der Waals surface area contributed by atoms with Crippen molar-refractivity contribution >= 4 is 21.5 Å². The smallest absolute Gasteiger partial charge is 0.211 e. The summed E-state index contributed by atoms with van der Waals surface area (Å²) in [6.45, 7) is 1.17. The lowest BCUT2D eigenvalue weighted by atomic mass is 9.91. The van der Waals surface area contributed by atoms with Gasteiger partial charge in [-0.25, -0.2) is 17.7 Å². The largest absolute Gasteiger partial charge is 0.396 e. The van der Waals surface area contributed by atoms with Gasteiger partial charge in [0.25, 0.3) is 0 Å². The monoisotopic (exact) mass is 284 g/mol. The van der Waals surface area contributed by atoms with Gasteiger partial charge in [-0.1, -0.05) is 0 Å². The average Bonchev–Trinajstić information content (AvgIpc) is 2.35. The van der Waals surface area contributed by atoms with E-state index in [9.17, 15) is 8.42 Å². The zero-order chi connectivity index (χ0) is 14.0. The molecule has 1 aromatic heterocycles. The Hall–Kier alpha value is -1.34. The maximum atomic E-state index is 11.4. The SMILES string of the molecule is CS(=O)(=O)N1CCC(Cc2ccnc(N)c2N)CC1. The van der Waals surface area contributed by atoms with Crippen molar-refractivity contribution in [2.75, 3.05) is 30.8 Å². The van der Waals surface area contributed by atoms with Crippen LogP contribution in [0.4, 0.5) is 11.5 Å². The maximum Gasteiger partial charge on any atom is 0.211 e. The van der Waals surface area contributed by atoms with E-state index in [1.54, 1.807) is 6.20 Å². The number of piperidine rings is 1. The molecular weight excluding hydrogens is 264 g/mol. The summed E-state index contributed by atoms with van der Waals surface area (Å²) in [5.41, 5.74) is 13.1. The molecule has 19 heavy (non-hydrogen) atoms. The van der Waals surface area contributed by atoms with Crippen molar-refractivity contribution in [1.82, 2.24) is 9.29 Å². The van der Waals surface area contributed by atoms with Crippen LogP contribution in [0.15, 0.2) is 12.3 Å². The highest BCUT2D eigenvalue weighted by atomic mass is 32.2. The molecule has 2 heterocycles. The minimum Gasteiger partial charge on any atom is -0.396 e. The first-order valence-electron chi connectivity index (χ1n) is 6.32. The van der Waals surface area contributed by atoms with Gasteiger partial charge in [-0.05, 0) is 36.8 Å². The predicted molar refractivity (Wildman–Crippen MR) is 75.9 cm³/mol. The summed E-state index contributed by atoms with van der Waals surface area (Å²) in [6, 6.07) is 1.88. The number of anilines is 2. The van der Waals surface area contributed by atoms with Gasteiger partial charge in [0.2, 0.25) is 10.0 Å². The first-order valence-corrected chi connectivity index (χ1v) is 8.16. The number of hydrogen-bond donors (Lipinski definition) is 2. The van der Waals surface area contributed by atoms with Gasteiger partial charge in [0.05, 0.1) is 11.9 Å². The van der Waals surface area contributed by atoms with E-state index in [0.717, 1.165) is 24.8 Å². The molecule has 0 amide bonds. The number of nitrogens with two attached hydrogens (primary N) is 2. The van der Waals surface area contributed by atoms with E-state index in [1.807, 2.05) is 6.07 Å². The van der Waals surface area contributed by atoms with Gasteiger partial charge in [0.1, 0.15) is 5.82 Å². The Morgan fingerprint density at radius 2 is 2.00 bits per heavy atom. The van der Waals surface area contributed by atoms with Crippen LogP contribution in [-0.4, -0.2) is 37.1 Å². The van der Waals surface area contributed by atoms with Gasteiger partial charge in [-0.3, -0.25) is 0 Å². The molecule has 1 aromatic rings. The Bertz CT molecular complexity index is 551. The first kappa shape index (κ1) is 14.1. The van der Waals surface area contributed by atoms with Crippen molar-refractivity contribution in [3.05, 3.63) is 17.8 Å². The number of sulfonamides is 1. The highest BCUT2D eigenvalue weighted by molar-refractivity contribution is 7.88. The molecule has 1 fully saturated rings. The third-order valence-electron chi connectivity index (χ3n) is 3.66. The highest BCUT2D eigenvalue weighted by Gasteiger charge is 2.25. The lowest BCUT2D eigenvalue weighted by molar-refractivity contribution is 0.274. The average molecular weight is 284 g/mol. The van der Waals surface area contributed by atoms with Crippen molar-refractivity contribution in [3.8, 4) is 0 Å². The summed E-state index contributed by atoms with van der Waals surface area (Å²) < 4.78 is 24.4. The molecule has 0 atom stereocenters. The third kappa shape index (κ3) is 3.36. The molecule has 106 valence electrons. The Labute approximate surface area is 113 Å². The van der Waals surface area contributed by atoms with Crippen LogP contribution in [0.3, 0.4) is 0 Å². The normalized spacial score (nSPS) is 18.6. The summed E-state index contributed by atoms with van der Waals surface area (Å²) in [4.78, 5) is 3.94. The number of nitrogen functional groups attached to an aromatic ring is 2. The topological polar surface area (TPSA) is 102 Å². The summed E-state index contributed by atoms with van der Waals surface area (Å²) in [6.07, 6.45) is 5.46. The zero-order valence-electron chi connectivity index (χ0n) is 11.0. The van der Waals surface area contributed by atoms with Crippen LogP contribution < -0.4 is 11.5 Å². The van der Waals surface area contributed by atoms with Gasteiger partial charge in [-0.2, -0.15) is 0 Å². The van der Waals surface area contributed by atoms with Crippen LogP contribution in [0.25, 0.3) is 0 Å². The second-order valence-corrected chi connectivity index (χ2v) is 7.06. The molecule has 0 bridgehead atoms. The lowest BCUT2D eigenvalue weighted by Gasteiger charge is -2.30. The third-order valence-corrected chi connectivity index (χ3v) is 4.97. The van der Waals surface area contributed by atoms with E-state index < -0.39 is 10.0 Å². The first-order chi connectivity index (χ1) is 8.88. The van der Waals surface area contributed by atoms with Crippen LogP contribution in [-0.2, 0) is 16.4 Å². The van der Waals surface area contributed by atoms with Gasteiger partial charge in [0, 0.05) is 19.3 Å². The standard InChI is InChI=1S/C12H20N4O2S/c1-19(17,18)16-6-3-9(4-7-16)8-10-2-5-15-12(14)11(10)13/h2,5,9H,3-4,6-8,13H2,1H3,(H2,14,15). The van der Waals surface area contributed by atoms with E-state index in [2.05, 4.69) is 4.98 Å². The van der Waals surface area contributed by atoms with Crippen molar-refractivity contribution in [2.24, 2.45) is 5.92 Å². The second-order valence-electron chi connectivity index (χ2n) is 5.08. The molecule has 1 aliphatic rings. The number of pyridine rings is 1. The zero-order valence-corrected chi connectivity index (χ0v) is 11.9. The Balaban J connectivity index is 1.98. The van der Waals surface area contributed by atoms with Crippen LogP contribution in [0, 0.1) is 5.92 Å². The van der Waals surface area contributed by atoms with E-state index in [-0.39, 0.29) is 0 Å². The molecule has 2 rings (SSSR count). The molecule has 6 nitrogen and oxygen atoms in total. The summed E-state index contributed by atoms with van der Waals surface area (Å²) in [5, 5.41) is 0. The molecular formula is C12H20N4O2S. The van der Waals surface area contributed by atoms with Gasteiger partial charge >= 0.3 is 0 Å². The summed E-state index contributed by atoms with van der Waals surface area (Å²) in [7, 11) is -3.06. The van der Waals surface area contributed by atoms with Gasteiger partial charge in [0.15, 0.2) is 0 Å². The summed E-state index contributed by atoms with van der Waals surface area (Å²) >= 11 is 0. The molecule has 0 spiro atoms. The maximum absolute atomic E-state index is 11.4. The molecule has 0 aliphatic carbocycles. The number of nitrogens with zero attached hydrogens (tertiary/aromatic N) is 2. The number of rotatable bonds is 3. The van der Waals surface area contributed by atoms with E-state index in [1.165, 1.54) is 10.6 Å². The van der Waals surface area contributed by atoms with E-state index in [4.69, 9.17) is 11.5 Å². The van der Waals surface area contributed by atoms with Gasteiger partial charge in [-0.15, -0.1) is 0 Å². The molecule has 1 saturated heterocycles. The highest BCUT2D eigenvalue weighted by Crippen LogP contribution is 2.26. The van der Waals surface area contributed by atoms with E-state index in [0.29, 0.717) is 30.5 Å². The van der Waals surface area contributed by atoms with Crippen LogP contribution in [0.2, 0.25) is 0 Å². The van der Waals surface area contributed by atoms with Crippen molar-refractivity contribution in [1.29, 1.82) is 0 Å². The van der Waals surface area contributed by atoms with Crippen LogP contribution in [0.5, 0.6) is 0 Å². The fraction of sp³-hybridized carbons (Fsp3) is 0.583. The van der Waals surface area contributed by atoms with E-state index >= 15 is 0 Å². The second kappa shape index (κ2) is 5.34. The lowest BCUT2D eigenvalue weighted by Crippen LogP contribution is -2.38. The molecule has 7 heteroatoms. The van der Waals surface area contributed by atoms with Crippen molar-refractivity contribution in [2.45, 2.75) is 19.3 Å². The Morgan fingerprint density at radius 3 is 2.58 bits per heavy atom. The Kier molecular flexibility index (Phi) is 3.96. The van der Waals surface area contributed by atoms with Crippen molar-refractivity contribution in [3.63, 3.8) is 0 Å². The minimum atomic E-state index is -3.06. The molecule has 4 N–H and O–H groups in total. The molecule has 0 aromatic carbocycles. The van der Waals surface area contributed by atoms with Crippen LogP contribution >= 0.6 is 0 Å². The quantitative estimate of drug-likeness (QED) is 0.839. The fourth-order valence-corrected chi connectivity index (χ4v) is 3.34. The Morgan fingerprint density at radius 1 is 1.37 bits per heavy atom. The predicted octanol–water partition coefficient (Wildman–Crippen LogP) is 0.460. The van der Waals surface area contributed by atoms with Crippen molar-refractivity contribution < 1.29 is 8.42 Å². The number of hydrogen-bond acceptors (Lipinski definition) is 5. The summed E-state index contributed by atoms with van der Waals surface area (Å²) in [5.74, 6) is 0.813. The molecule has 0 radical (unpaired) electrons. The molecule has 0 unspecified atom stereocenters. The molecule has 0 saturated carbocycles. The molecule has 1 aliphatic heterocycles. The van der Waals surface area contributed by atoms with Crippen LogP contribution in [0.1, 0.15) is 18.4 Å². The minimum absolute atomic E-state index is 0.367. The fourth-order valence-electron chi connectivity index (χ4n) is 2.47. The van der Waals surface area contributed by atoms with Gasteiger partial charge < -0.3 is 11.5 Å².